The summed E-state index contributed by atoms with van der Waals surface area (Å²) in [5.74, 6) is -7.28. The number of nitrogens with one attached hydrogen (secondary N) is 2. The lowest BCUT2D eigenvalue weighted by Crippen LogP contribution is -2.40. The molecule has 15 nitrogen and oxygen atoms in total. The molecule has 6 aromatic rings. The number of pyridine rings is 1. The molecule has 74 heavy (non-hydrogen) atoms. The number of aromatic nitrogens is 5. The van der Waals surface area contributed by atoms with E-state index in [0.29, 0.717) is 17.0 Å². The Balaban J connectivity index is 1.41. The first kappa shape index (κ1) is 54.0. The molecule has 0 radical (unpaired) electrons. The van der Waals surface area contributed by atoms with Crippen LogP contribution < -0.4 is 10.0 Å². The molecule has 1 saturated carbocycles. The van der Waals surface area contributed by atoms with E-state index in [1.165, 1.54) is 32.0 Å². The number of nitrogens with zero attached hydrogens (tertiary/aromatic N) is 5. The van der Waals surface area contributed by atoms with E-state index in [4.69, 9.17) is 15.8 Å². The number of benzene rings is 3. The Morgan fingerprint density at radius 1 is 0.905 bits per heavy atom. The third kappa shape index (κ3) is 10.8. The van der Waals surface area contributed by atoms with Gasteiger partial charge in [0, 0.05) is 34.9 Å². The van der Waals surface area contributed by atoms with Gasteiger partial charge < -0.3 is 5.32 Å². The van der Waals surface area contributed by atoms with Crippen LogP contribution in [0.2, 0.25) is 5.02 Å². The van der Waals surface area contributed by atoms with Crippen molar-refractivity contribution in [3.63, 3.8) is 0 Å². The van der Waals surface area contributed by atoms with Gasteiger partial charge >= 0.3 is 12.4 Å². The number of fused-ring (bicyclic) bond motifs is 4. The summed E-state index contributed by atoms with van der Waals surface area (Å²) in [5.41, 5.74) is -7.05. The molecule has 1 fully saturated rings. The van der Waals surface area contributed by atoms with E-state index >= 15 is 13.6 Å². The van der Waals surface area contributed by atoms with Gasteiger partial charge in [-0.05, 0) is 86.6 Å². The number of sulfonamides is 1. The summed E-state index contributed by atoms with van der Waals surface area (Å²) in [4.78, 5) is 18.8. The molecule has 2 aliphatic carbocycles. The molecule has 2 aliphatic rings. The monoisotopic (exact) mass is 1120 g/mol. The third-order valence-corrected chi connectivity index (χ3v) is 16.1. The second-order valence-electron chi connectivity index (χ2n) is 17.9. The fraction of sp³-hybridized carbons (Fsp3) is 0.333. The van der Waals surface area contributed by atoms with Crippen molar-refractivity contribution in [1.29, 1.82) is 0 Å². The number of alkyl halides is 8. The van der Waals surface area contributed by atoms with Gasteiger partial charge in [0.25, 0.3) is 21.9 Å². The van der Waals surface area contributed by atoms with E-state index in [-0.39, 0.29) is 32.1 Å². The standard InChI is InChI=1S/C45H36ClF10N7O8S3/c1-42(2,72(3,65)66)15-14-25-10-11-27(28-12-13-31(46)34-36(28)62(21-43(49,50)51)60-39(34)61-73(4,67)68)35(57-25)32(18-22-16-23(47)19-24(48)17-22)58-40(64)41(71-74(69,70)26-8-6-5-7-9-26)63-38-33(37(59-63)45(54,55)56)29-20-30(29)44(38,52)53/h5-13,16-17,19,29-30,32,41H,18,20-21H2,1-4H3,(H,58,64)(H,60,61)/t29-,30+,32-,41?/m0/s1. The fourth-order valence-corrected chi connectivity index (χ4v) is 10.3. The van der Waals surface area contributed by atoms with E-state index in [0.717, 1.165) is 54.8 Å². The van der Waals surface area contributed by atoms with E-state index in [1.54, 1.807) is 0 Å². The predicted molar refractivity (Wildman–Crippen MR) is 245 cm³/mol. The first-order valence-corrected chi connectivity index (χ1v) is 26.9. The first-order chi connectivity index (χ1) is 34.1. The third-order valence-electron chi connectivity index (χ3n) is 12.0. The lowest BCUT2D eigenvalue weighted by Gasteiger charge is -2.26. The Hall–Kier alpha value is -6.28. The summed E-state index contributed by atoms with van der Waals surface area (Å²) in [6.45, 7) is 0.522. The molecular weight excluding hydrogens is 1090 g/mol. The van der Waals surface area contributed by atoms with Crippen LogP contribution >= 0.6 is 11.6 Å². The van der Waals surface area contributed by atoms with E-state index in [2.05, 4.69) is 32.3 Å². The van der Waals surface area contributed by atoms with Crippen LogP contribution in [0.25, 0.3) is 22.0 Å². The minimum atomic E-state index is -5.46. The van der Waals surface area contributed by atoms with Crippen LogP contribution in [0.1, 0.15) is 72.4 Å². The number of carbonyl (C=O) groups is 1. The highest BCUT2D eigenvalue weighted by Crippen LogP contribution is 2.69. The summed E-state index contributed by atoms with van der Waals surface area (Å²) >= 11 is 6.51. The maximum Gasteiger partial charge on any atom is 0.435 e. The van der Waals surface area contributed by atoms with Crippen LogP contribution in [0.15, 0.2) is 77.7 Å². The number of amides is 1. The van der Waals surface area contributed by atoms with Crippen molar-refractivity contribution in [2.75, 3.05) is 17.2 Å². The predicted octanol–water partition coefficient (Wildman–Crippen LogP) is 8.57. The molecule has 0 aliphatic heterocycles. The van der Waals surface area contributed by atoms with Gasteiger partial charge in [0.15, 0.2) is 21.3 Å². The number of rotatable bonds is 14. The highest BCUT2D eigenvalue weighted by Gasteiger charge is 2.69. The average Bonchev–Trinajstić information content (AvgIpc) is 3.77. The maximum absolute atomic E-state index is 16.2. The fourth-order valence-electron chi connectivity index (χ4n) is 8.36. The van der Waals surface area contributed by atoms with Gasteiger partial charge in [0.2, 0.25) is 16.3 Å². The minimum Gasteiger partial charge on any atom is -0.343 e. The molecule has 3 aromatic heterocycles. The molecule has 4 atom stereocenters. The number of anilines is 1. The van der Waals surface area contributed by atoms with Gasteiger partial charge in [-0.3, -0.25) is 14.2 Å². The molecule has 8 rings (SSSR count). The molecule has 3 heterocycles. The number of hydrogen-bond donors (Lipinski definition) is 2. The molecule has 2 N–H and O–H groups in total. The van der Waals surface area contributed by atoms with Crippen molar-refractivity contribution in [1.82, 2.24) is 29.9 Å². The van der Waals surface area contributed by atoms with Crippen molar-refractivity contribution >= 4 is 64.2 Å². The highest BCUT2D eigenvalue weighted by molar-refractivity contribution is 7.92. The van der Waals surface area contributed by atoms with Gasteiger partial charge in [-0.15, -0.1) is 0 Å². The molecule has 1 amide bonds. The molecule has 1 unspecified atom stereocenters. The molecule has 0 bridgehead atoms. The topological polar surface area (TPSA) is 201 Å². The van der Waals surface area contributed by atoms with Gasteiger partial charge in [-0.25, -0.2) is 39.5 Å². The molecule has 0 spiro atoms. The van der Waals surface area contributed by atoms with Crippen LogP contribution in [0.4, 0.5) is 49.7 Å². The van der Waals surface area contributed by atoms with Crippen molar-refractivity contribution < 1.29 is 78.1 Å². The largest absolute Gasteiger partial charge is 0.435 e. The van der Waals surface area contributed by atoms with Crippen LogP contribution in [0.3, 0.4) is 0 Å². The first-order valence-electron chi connectivity index (χ1n) is 21.4. The summed E-state index contributed by atoms with van der Waals surface area (Å²) in [6.07, 6.45) is -13.4. The minimum absolute atomic E-state index is 0.225. The zero-order valence-electron chi connectivity index (χ0n) is 38.2. The average molecular weight is 1120 g/mol. The molecule has 29 heteroatoms. The summed E-state index contributed by atoms with van der Waals surface area (Å²) in [6, 6.07) is 9.86. The molecule has 0 saturated heterocycles. The van der Waals surface area contributed by atoms with Gasteiger partial charge in [-0.2, -0.15) is 53.7 Å². The van der Waals surface area contributed by atoms with Crippen LogP contribution in [0, 0.1) is 29.4 Å². The van der Waals surface area contributed by atoms with Gasteiger partial charge in [0.05, 0.1) is 38.8 Å². The normalized spacial score (nSPS) is 17.5. The van der Waals surface area contributed by atoms with Crippen molar-refractivity contribution in [3.05, 3.63) is 123 Å². The Bertz CT molecular complexity index is 3670. The summed E-state index contributed by atoms with van der Waals surface area (Å²) < 4.78 is 233. The quantitative estimate of drug-likeness (QED) is 0.0601. The smallest absolute Gasteiger partial charge is 0.343 e. The SMILES string of the molecule is CC(C)(C#Cc1ccc(-c2ccc(Cl)c3c(NS(C)(=O)=O)nn(CC(F)(F)F)c23)c([C@H](Cc2cc(F)cc(F)c2)NC(=O)C(OS(=O)(=O)c2ccccc2)n2nc(C(F)(F)F)c3c2C(F)(F)[C@@H]2C[C@H]32)n1)S(C)(=O)=O. The van der Waals surface area contributed by atoms with Crippen molar-refractivity contribution in [3.8, 4) is 23.0 Å². The maximum atomic E-state index is 16.2. The zero-order valence-corrected chi connectivity index (χ0v) is 41.4. The van der Waals surface area contributed by atoms with E-state index in [9.17, 15) is 60.4 Å². The molecular formula is C45H36ClF10N7O8S3. The summed E-state index contributed by atoms with van der Waals surface area (Å²) in [7, 11) is -13.6. The Labute approximate surface area is 419 Å². The lowest BCUT2D eigenvalue weighted by molar-refractivity contribution is -0.144. The van der Waals surface area contributed by atoms with Gasteiger partial charge in [-0.1, -0.05) is 41.8 Å². The number of sulfone groups is 1. The van der Waals surface area contributed by atoms with Crippen molar-refractivity contribution in [2.24, 2.45) is 5.92 Å². The van der Waals surface area contributed by atoms with Crippen LogP contribution in [-0.4, -0.2) is 79.1 Å². The second-order valence-corrected chi connectivity index (χ2v) is 24.2. The Morgan fingerprint density at radius 2 is 1.54 bits per heavy atom. The van der Waals surface area contributed by atoms with Crippen LogP contribution in [0.5, 0.6) is 0 Å². The Kier molecular flexibility index (Phi) is 13.5. The number of hydrogen-bond acceptors (Lipinski definition) is 11. The van der Waals surface area contributed by atoms with E-state index < -0.39 is 158 Å². The van der Waals surface area contributed by atoms with Crippen molar-refractivity contribution in [2.45, 2.75) is 79.3 Å². The zero-order chi connectivity index (χ0) is 54.5. The lowest BCUT2D eigenvalue weighted by atomic mass is 9.93. The number of halogens is 11. The van der Waals surface area contributed by atoms with E-state index in [1.807, 2.05) is 4.72 Å². The molecule has 394 valence electrons. The molecule has 3 aromatic carbocycles. The van der Waals surface area contributed by atoms with Gasteiger partial charge in [0.1, 0.15) is 34.3 Å². The highest BCUT2D eigenvalue weighted by atomic mass is 35.5. The summed E-state index contributed by atoms with van der Waals surface area (Å²) in [5, 5.41) is 8.64. The Morgan fingerprint density at radius 3 is 2.14 bits per heavy atom. The second kappa shape index (κ2) is 18.5. The number of carbonyl (C=O) groups excluding carboxylic acids is 1. The van der Waals surface area contributed by atoms with Crippen LogP contribution in [-0.2, 0) is 64.0 Å².